The fourth-order valence-corrected chi connectivity index (χ4v) is 2.35. The highest BCUT2D eigenvalue weighted by Crippen LogP contribution is 2.16. The Morgan fingerprint density at radius 3 is 2.89 bits per heavy atom. The molecule has 3 aromatic rings. The summed E-state index contributed by atoms with van der Waals surface area (Å²) in [6.45, 7) is 0.548. The molecule has 0 atom stereocenters. The van der Waals surface area contributed by atoms with E-state index in [-0.39, 0.29) is 24.7 Å². The number of halogens is 1. The second kappa shape index (κ2) is 8.88. The molecule has 0 saturated carbocycles. The number of carbonyl (C=O) groups is 1. The first kappa shape index (κ1) is 18.5. The van der Waals surface area contributed by atoms with E-state index < -0.39 is 5.82 Å². The molecule has 0 aliphatic rings. The Balaban J connectivity index is 1.43. The Hall–Kier alpha value is -3.29. The van der Waals surface area contributed by atoms with Crippen LogP contribution in [0.15, 0.2) is 53.3 Å². The van der Waals surface area contributed by atoms with Crippen molar-refractivity contribution in [2.75, 3.05) is 20.2 Å². The zero-order valence-corrected chi connectivity index (χ0v) is 14.8. The maximum absolute atomic E-state index is 13.5. The lowest BCUT2D eigenvalue weighted by molar-refractivity contribution is -0.130. The van der Waals surface area contributed by atoms with Crippen LogP contribution in [0.3, 0.4) is 0 Å². The molecule has 0 spiro atoms. The Bertz CT molecular complexity index is 885. The summed E-state index contributed by atoms with van der Waals surface area (Å²) >= 11 is 0. The lowest BCUT2D eigenvalue weighted by Gasteiger charge is -2.17. The minimum Gasteiger partial charge on any atom is -0.489 e. The second-order valence-electron chi connectivity index (χ2n) is 5.85. The number of rotatable bonds is 8. The molecule has 0 bridgehead atoms. The summed E-state index contributed by atoms with van der Waals surface area (Å²) in [7, 11) is 1.67. The lowest BCUT2D eigenvalue weighted by Crippen LogP contribution is -2.31. The fraction of sp³-hybridized carbons (Fsp3) is 0.263. The van der Waals surface area contributed by atoms with Gasteiger partial charge in [-0.1, -0.05) is 17.3 Å². The summed E-state index contributed by atoms with van der Waals surface area (Å²) in [5, 5.41) is 3.89. The number of benzene rings is 1. The Kier molecular flexibility index (Phi) is 6.09. The number of carbonyl (C=O) groups excluding carboxylic acids is 1. The maximum Gasteiger partial charge on any atom is 0.227 e. The summed E-state index contributed by atoms with van der Waals surface area (Å²) in [4.78, 5) is 22.0. The number of amides is 1. The van der Waals surface area contributed by atoms with Crippen molar-refractivity contribution in [2.45, 2.75) is 12.8 Å². The van der Waals surface area contributed by atoms with Crippen LogP contribution in [0.25, 0.3) is 11.4 Å². The van der Waals surface area contributed by atoms with Gasteiger partial charge in [0.1, 0.15) is 6.61 Å². The lowest BCUT2D eigenvalue weighted by atomic mass is 10.2. The molecule has 140 valence electrons. The molecule has 3 rings (SSSR count). The predicted molar refractivity (Wildman–Crippen MR) is 95.4 cm³/mol. The quantitative estimate of drug-likeness (QED) is 0.606. The number of pyridine rings is 1. The van der Waals surface area contributed by atoms with Gasteiger partial charge in [-0.3, -0.25) is 9.78 Å². The molecule has 0 aliphatic carbocycles. The first-order chi connectivity index (χ1) is 13.1. The van der Waals surface area contributed by atoms with Crippen LogP contribution in [-0.4, -0.2) is 46.1 Å². The molecule has 27 heavy (non-hydrogen) atoms. The summed E-state index contributed by atoms with van der Waals surface area (Å²) in [6, 6.07) is 9.77. The zero-order chi connectivity index (χ0) is 19.1. The zero-order valence-electron chi connectivity index (χ0n) is 14.8. The smallest absolute Gasteiger partial charge is 0.227 e. The number of para-hydroxylation sites is 1. The van der Waals surface area contributed by atoms with Crippen LogP contribution in [0, 0.1) is 5.82 Å². The molecule has 0 radical (unpaired) electrons. The van der Waals surface area contributed by atoms with Crippen molar-refractivity contribution in [3.63, 3.8) is 0 Å². The summed E-state index contributed by atoms with van der Waals surface area (Å²) in [5.74, 6) is 0.489. The molecule has 0 N–H and O–H groups in total. The van der Waals surface area contributed by atoms with Crippen LogP contribution in [0.4, 0.5) is 4.39 Å². The molecule has 2 aromatic heterocycles. The Morgan fingerprint density at radius 2 is 2.11 bits per heavy atom. The second-order valence-corrected chi connectivity index (χ2v) is 5.85. The third-order valence-corrected chi connectivity index (χ3v) is 3.89. The fourth-order valence-electron chi connectivity index (χ4n) is 2.35. The number of aryl methyl sites for hydroxylation is 1. The van der Waals surface area contributed by atoms with Gasteiger partial charge >= 0.3 is 0 Å². The van der Waals surface area contributed by atoms with E-state index >= 15 is 0 Å². The van der Waals surface area contributed by atoms with E-state index in [1.54, 1.807) is 43.7 Å². The first-order valence-electron chi connectivity index (χ1n) is 8.48. The SMILES string of the molecule is CN(CCOc1ccccc1F)C(=O)CCc1nc(-c2cccnc2)no1. The molecule has 0 unspecified atom stereocenters. The highest BCUT2D eigenvalue weighted by molar-refractivity contribution is 5.76. The van der Waals surface area contributed by atoms with Gasteiger partial charge in [0.15, 0.2) is 11.6 Å². The van der Waals surface area contributed by atoms with Gasteiger partial charge < -0.3 is 14.2 Å². The van der Waals surface area contributed by atoms with Gasteiger partial charge in [-0.15, -0.1) is 0 Å². The normalized spacial score (nSPS) is 10.6. The standard InChI is InChI=1S/C19H19FN4O3/c1-24(11-12-26-16-7-3-2-6-15(16)20)18(25)9-8-17-22-19(23-27-17)14-5-4-10-21-13-14/h2-7,10,13H,8-9,11-12H2,1H3. The van der Waals surface area contributed by atoms with Crippen molar-refractivity contribution in [2.24, 2.45) is 0 Å². The molecular formula is C19H19FN4O3. The maximum atomic E-state index is 13.5. The highest BCUT2D eigenvalue weighted by atomic mass is 19.1. The molecule has 0 fully saturated rings. The van der Waals surface area contributed by atoms with Crippen LogP contribution < -0.4 is 4.74 Å². The van der Waals surface area contributed by atoms with E-state index in [2.05, 4.69) is 15.1 Å². The molecule has 1 aromatic carbocycles. The van der Waals surface area contributed by atoms with Gasteiger partial charge in [0, 0.05) is 37.8 Å². The Labute approximate surface area is 155 Å². The topological polar surface area (TPSA) is 81.4 Å². The van der Waals surface area contributed by atoms with Crippen LogP contribution in [0.1, 0.15) is 12.3 Å². The van der Waals surface area contributed by atoms with E-state index in [1.807, 2.05) is 6.07 Å². The highest BCUT2D eigenvalue weighted by Gasteiger charge is 2.13. The van der Waals surface area contributed by atoms with Crippen LogP contribution in [0.2, 0.25) is 0 Å². The largest absolute Gasteiger partial charge is 0.489 e. The van der Waals surface area contributed by atoms with Gasteiger partial charge in [-0.05, 0) is 24.3 Å². The summed E-state index contributed by atoms with van der Waals surface area (Å²) < 4.78 is 24.0. The number of likely N-dealkylation sites (N-methyl/N-ethyl adjacent to an activating group) is 1. The molecule has 7 nitrogen and oxygen atoms in total. The monoisotopic (exact) mass is 370 g/mol. The summed E-state index contributed by atoms with van der Waals surface area (Å²) in [5.41, 5.74) is 0.751. The number of ether oxygens (including phenoxy) is 1. The minimum atomic E-state index is -0.424. The molecule has 8 heteroatoms. The van der Waals surface area contributed by atoms with E-state index in [4.69, 9.17) is 9.26 Å². The van der Waals surface area contributed by atoms with Crippen LogP contribution in [0.5, 0.6) is 5.75 Å². The van der Waals surface area contributed by atoms with E-state index in [9.17, 15) is 9.18 Å². The van der Waals surface area contributed by atoms with Gasteiger partial charge in [-0.25, -0.2) is 4.39 Å². The number of nitrogens with zero attached hydrogens (tertiary/aromatic N) is 4. The number of aromatic nitrogens is 3. The van der Waals surface area contributed by atoms with Crippen molar-refractivity contribution in [3.8, 4) is 17.1 Å². The van der Waals surface area contributed by atoms with Gasteiger partial charge in [0.25, 0.3) is 0 Å². The molecule has 2 heterocycles. The van der Waals surface area contributed by atoms with Gasteiger partial charge in [0.2, 0.25) is 17.6 Å². The first-order valence-corrected chi connectivity index (χ1v) is 8.48. The van der Waals surface area contributed by atoms with Crippen molar-refractivity contribution < 1.29 is 18.4 Å². The summed E-state index contributed by atoms with van der Waals surface area (Å²) in [6.07, 6.45) is 3.87. The molecule has 0 saturated heterocycles. The molecule has 1 amide bonds. The van der Waals surface area contributed by atoms with Crippen LogP contribution in [-0.2, 0) is 11.2 Å². The minimum absolute atomic E-state index is 0.0896. The third-order valence-electron chi connectivity index (χ3n) is 3.89. The van der Waals surface area contributed by atoms with Gasteiger partial charge in [0.05, 0.1) is 6.54 Å². The van der Waals surface area contributed by atoms with E-state index in [0.29, 0.717) is 24.7 Å². The molecular weight excluding hydrogens is 351 g/mol. The predicted octanol–water partition coefficient (Wildman–Crippen LogP) is 2.74. The van der Waals surface area contributed by atoms with Gasteiger partial charge in [-0.2, -0.15) is 4.98 Å². The molecule has 0 aliphatic heterocycles. The van der Waals surface area contributed by atoms with Crippen molar-refractivity contribution >= 4 is 5.91 Å². The average Bonchev–Trinajstić information content (AvgIpc) is 3.17. The third kappa shape index (κ3) is 5.10. The van der Waals surface area contributed by atoms with E-state index in [1.165, 1.54) is 11.0 Å². The van der Waals surface area contributed by atoms with E-state index in [0.717, 1.165) is 5.56 Å². The number of hydrogen-bond donors (Lipinski definition) is 0. The van der Waals surface area contributed by atoms with Crippen molar-refractivity contribution in [3.05, 3.63) is 60.5 Å². The van der Waals surface area contributed by atoms with Crippen molar-refractivity contribution in [1.82, 2.24) is 20.0 Å². The average molecular weight is 370 g/mol. The Morgan fingerprint density at radius 1 is 1.26 bits per heavy atom. The number of hydrogen-bond acceptors (Lipinski definition) is 6. The van der Waals surface area contributed by atoms with Crippen molar-refractivity contribution in [1.29, 1.82) is 0 Å². The van der Waals surface area contributed by atoms with Crippen LogP contribution >= 0.6 is 0 Å².